The van der Waals surface area contributed by atoms with E-state index in [1.807, 2.05) is 44.2 Å². The van der Waals surface area contributed by atoms with Gasteiger partial charge in [-0.15, -0.1) is 0 Å². The summed E-state index contributed by atoms with van der Waals surface area (Å²) in [5.41, 5.74) is 2.01. The Morgan fingerprint density at radius 2 is 1.87 bits per heavy atom. The van der Waals surface area contributed by atoms with Crippen molar-refractivity contribution < 1.29 is 14.3 Å². The first kappa shape index (κ1) is 28.9. The van der Waals surface area contributed by atoms with Gasteiger partial charge in [-0.05, 0) is 56.5 Å². The van der Waals surface area contributed by atoms with Gasteiger partial charge in [-0.25, -0.2) is 0 Å². The molecule has 2 aliphatic heterocycles. The molecule has 0 saturated carbocycles. The third-order valence-corrected chi connectivity index (χ3v) is 8.33. The molecule has 8 nitrogen and oxygen atoms in total. The molecule has 1 amide bonds. The number of methoxy groups -OCH3 is 1. The van der Waals surface area contributed by atoms with Gasteiger partial charge >= 0.3 is 0 Å². The number of hydrogen-bond acceptors (Lipinski definition) is 8. The Balaban J connectivity index is 1.81. The van der Waals surface area contributed by atoms with Gasteiger partial charge in [0.25, 0.3) is 11.5 Å². The molecular formula is C29H34N4O4S2. The van der Waals surface area contributed by atoms with Gasteiger partial charge in [-0.3, -0.25) is 19.1 Å². The number of aromatic nitrogens is 1. The number of nitrogens with zero attached hydrogens (tertiary/aromatic N) is 4. The number of benzene rings is 1. The lowest BCUT2D eigenvalue weighted by Gasteiger charge is -2.39. The van der Waals surface area contributed by atoms with Crippen molar-refractivity contribution >= 4 is 46.1 Å². The first-order valence-electron chi connectivity index (χ1n) is 13.1. The van der Waals surface area contributed by atoms with E-state index in [1.54, 1.807) is 23.5 Å². The molecule has 206 valence electrons. The molecule has 0 radical (unpaired) electrons. The first-order chi connectivity index (χ1) is 18.7. The Morgan fingerprint density at radius 1 is 1.21 bits per heavy atom. The van der Waals surface area contributed by atoms with Gasteiger partial charge < -0.3 is 14.4 Å². The monoisotopic (exact) mass is 566 g/mol. The van der Waals surface area contributed by atoms with Crippen molar-refractivity contribution in [2.75, 3.05) is 25.1 Å². The summed E-state index contributed by atoms with van der Waals surface area (Å²) in [5, 5.41) is 9.93. The van der Waals surface area contributed by atoms with Gasteiger partial charge in [-0.2, -0.15) is 5.26 Å². The van der Waals surface area contributed by atoms with Crippen molar-refractivity contribution in [3.63, 3.8) is 0 Å². The SMILES string of the molecule is CCCCn1c(N2CC(C)OC(C)C2)c(C=C2SC(=S)N(Cc3ccc(OC)cc3)C2=O)c(C)c(C#N)c1=O. The van der Waals surface area contributed by atoms with Gasteiger partial charge in [0.2, 0.25) is 0 Å². The van der Waals surface area contributed by atoms with Crippen LogP contribution in [0.1, 0.15) is 55.9 Å². The Bertz CT molecular complexity index is 1380. The molecule has 2 atom stereocenters. The maximum atomic E-state index is 13.6. The van der Waals surface area contributed by atoms with Gasteiger partial charge in [0.15, 0.2) is 0 Å². The van der Waals surface area contributed by atoms with Crippen LogP contribution in [0.4, 0.5) is 5.82 Å². The first-order valence-corrected chi connectivity index (χ1v) is 14.4. The number of amides is 1. The van der Waals surface area contributed by atoms with E-state index in [-0.39, 0.29) is 29.2 Å². The largest absolute Gasteiger partial charge is 0.497 e. The lowest BCUT2D eigenvalue weighted by atomic mass is 10.0. The fourth-order valence-corrected chi connectivity index (χ4v) is 6.28. The molecule has 4 rings (SSSR count). The van der Waals surface area contributed by atoms with E-state index >= 15 is 0 Å². The Morgan fingerprint density at radius 3 is 2.46 bits per heavy atom. The normalized spacial score (nSPS) is 20.6. The van der Waals surface area contributed by atoms with Crippen LogP contribution in [0.15, 0.2) is 34.0 Å². The van der Waals surface area contributed by atoms with E-state index in [2.05, 4.69) is 17.9 Å². The number of thioether (sulfide) groups is 1. The fourth-order valence-electron chi connectivity index (χ4n) is 5.04. The van der Waals surface area contributed by atoms with E-state index < -0.39 is 0 Å². The van der Waals surface area contributed by atoms with Crippen LogP contribution in [0, 0.1) is 18.3 Å². The van der Waals surface area contributed by atoms with Crippen molar-refractivity contribution in [1.82, 2.24) is 9.47 Å². The van der Waals surface area contributed by atoms with Crippen LogP contribution >= 0.6 is 24.0 Å². The van der Waals surface area contributed by atoms with Gasteiger partial charge in [0, 0.05) is 25.2 Å². The van der Waals surface area contributed by atoms with Crippen LogP contribution in [0.2, 0.25) is 0 Å². The third kappa shape index (κ3) is 6.06. The van der Waals surface area contributed by atoms with Crippen molar-refractivity contribution in [3.05, 3.63) is 61.8 Å². The van der Waals surface area contributed by atoms with Crippen LogP contribution in [0.3, 0.4) is 0 Å². The molecule has 0 N–H and O–H groups in total. The number of pyridine rings is 1. The molecule has 2 aliphatic rings. The molecular weight excluding hydrogens is 532 g/mol. The highest BCUT2D eigenvalue weighted by molar-refractivity contribution is 8.26. The molecule has 1 aromatic carbocycles. The average Bonchev–Trinajstić information content (AvgIpc) is 3.16. The molecule has 0 bridgehead atoms. The molecule has 39 heavy (non-hydrogen) atoms. The molecule has 2 saturated heterocycles. The molecule has 10 heteroatoms. The van der Waals surface area contributed by atoms with Crippen LogP contribution in [-0.2, 0) is 22.6 Å². The minimum absolute atomic E-state index is 0.0324. The van der Waals surface area contributed by atoms with Gasteiger partial charge in [0.05, 0.1) is 30.8 Å². The summed E-state index contributed by atoms with van der Waals surface area (Å²) in [6.07, 6.45) is 3.44. The average molecular weight is 567 g/mol. The predicted molar refractivity (Wildman–Crippen MR) is 159 cm³/mol. The van der Waals surface area contributed by atoms with E-state index in [0.29, 0.717) is 46.5 Å². The molecule has 0 spiro atoms. The standard InChI is InChI=1S/C29H34N4O4S2/c1-6-7-12-32-26(31-15-18(2)37-19(3)16-31)23(20(4)24(14-30)27(32)34)13-25-28(35)33(29(38)39-25)17-21-8-10-22(36-5)11-9-21/h8-11,13,18-19H,6-7,12,15-17H2,1-5H3. The number of anilines is 1. The van der Waals surface area contributed by atoms with Crippen molar-refractivity contribution in [2.45, 2.75) is 65.8 Å². The molecule has 0 aliphatic carbocycles. The van der Waals surface area contributed by atoms with Crippen LogP contribution in [0.25, 0.3) is 6.08 Å². The number of thiocarbonyl (C=S) groups is 1. The van der Waals surface area contributed by atoms with Crippen LogP contribution in [-0.4, -0.2) is 52.1 Å². The summed E-state index contributed by atoms with van der Waals surface area (Å²) in [6.45, 7) is 9.90. The van der Waals surface area contributed by atoms with Gasteiger partial charge in [-0.1, -0.05) is 49.5 Å². The molecule has 2 unspecified atom stereocenters. The van der Waals surface area contributed by atoms with Crippen LogP contribution in [0.5, 0.6) is 5.75 Å². The lowest BCUT2D eigenvalue weighted by molar-refractivity contribution is -0.122. The minimum atomic E-state index is -0.297. The fraction of sp³-hybridized carbons (Fsp3) is 0.448. The topological polar surface area (TPSA) is 87.8 Å². The maximum absolute atomic E-state index is 13.6. The number of nitriles is 1. The number of carbonyl (C=O) groups excluding carboxylic acids is 1. The second-order valence-electron chi connectivity index (χ2n) is 9.94. The second-order valence-corrected chi connectivity index (χ2v) is 11.6. The number of unbranched alkanes of at least 4 members (excludes halogenated alkanes) is 1. The van der Waals surface area contributed by atoms with Crippen molar-refractivity contribution in [1.29, 1.82) is 5.26 Å². The van der Waals surface area contributed by atoms with E-state index in [0.717, 1.165) is 30.0 Å². The summed E-state index contributed by atoms with van der Waals surface area (Å²) >= 11 is 6.84. The summed E-state index contributed by atoms with van der Waals surface area (Å²) in [5.74, 6) is 1.28. The summed E-state index contributed by atoms with van der Waals surface area (Å²) in [7, 11) is 1.61. The Kier molecular flexibility index (Phi) is 9.15. The molecule has 1 aromatic heterocycles. The predicted octanol–water partition coefficient (Wildman–Crippen LogP) is 4.85. The molecule has 3 heterocycles. The van der Waals surface area contributed by atoms with E-state index in [4.69, 9.17) is 21.7 Å². The Labute approximate surface area is 239 Å². The highest BCUT2D eigenvalue weighted by Gasteiger charge is 2.34. The minimum Gasteiger partial charge on any atom is -0.497 e. The molecule has 2 aromatic rings. The highest BCUT2D eigenvalue weighted by Crippen LogP contribution is 2.37. The zero-order valence-electron chi connectivity index (χ0n) is 23.0. The zero-order valence-corrected chi connectivity index (χ0v) is 24.7. The highest BCUT2D eigenvalue weighted by atomic mass is 32.2. The Hall–Kier alpha value is -3.13. The second kappa shape index (κ2) is 12.4. The number of rotatable bonds is 8. The van der Waals surface area contributed by atoms with E-state index in [1.165, 1.54) is 11.8 Å². The van der Waals surface area contributed by atoms with Crippen LogP contribution < -0.4 is 15.2 Å². The summed E-state index contributed by atoms with van der Waals surface area (Å²) in [4.78, 5) is 31.3. The number of ether oxygens (including phenoxy) is 2. The quantitative estimate of drug-likeness (QED) is 0.331. The van der Waals surface area contributed by atoms with E-state index in [9.17, 15) is 14.9 Å². The summed E-state index contributed by atoms with van der Waals surface area (Å²) < 4.78 is 13.4. The van der Waals surface area contributed by atoms with Crippen molar-refractivity contribution in [2.24, 2.45) is 0 Å². The maximum Gasteiger partial charge on any atom is 0.270 e. The smallest absolute Gasteiger partial charge is 0.270 e. The number of hydrogen-bond donors (Lipinski definition) is 0. The lowest BCUT2D eigenvalue weighted by Crippen LogP contribution is -2.48. The van der Waals surface area contributed by atoms with Gasteiger partial charge in [0.1, 0.15) is 27.5 Å². The number of carbonyl (C=O) groups is 1. The number of morpholine rings is 1. The van der Waals surface area contributed by atoms with Crippen molar-refractivity contribution in [3.8, 4) is 11.8 Å². The zero-order chi connectivity index (χ0) is 28.3. The molecule has 2 fully saturated rings. The summed E-state index contributed by atoms with van der Waals surface area (Å²) in [6, 6.07) is 9.65. The third-order valence-electron chi connectivity index (χ3n) is 6.95.